The molecule has 0 bridgehead atoms. The average Bonchev–Trinajstić information content (AvgIpc) is 2.76. The molecule has 5 nitrogen and oxygen atoms in total. The number of hydrogen-bond acceptors (Lipinski definition) is 3. The number of aromatic nitrogens is 2. The first-order chi connectivity index (χ1) is 9.38. The third kappa shape index (κ3) is 3.46. The molecule has 6 heteroatoms. The van der Waals surface area contributed by atoms with Crippen LogP contribution in [0.1, 0.15) is 10.4 Å². The van der Waals surface area contributed by atoms with Gasteiger partial charge in [0.25, 0.3) is 5.91 Å². The van der Waals surface area contributed by atoms with Gasteiger partial charge in [-0.2, -0.15) is 0 Å². The van der Waals surface area contributed by atoms with Crippen LogP contribution in [0.4, 0.5) is 0 Å². The lowest BCUT2D eigenvalue weighted by Gasteiger charge is -2.15. The zero-order chi connectivity index (χ0) is 14.8. The van der Waals surface area contributed by atoms with Crippen molar-refractivity contribution in [2.75, 3.05) is 6.61 Å². The Morgan fingerprint density at radius 1 is 1.40 bits per heavy atom. The van der Waals surface area contributed by atoms with Crippen molar-refractivity contribution in [1.29, 1.82) is 0 Å². The maximum absolute atomic E-state index is 11.3. The monoisotopic (exact) mass is 291 g/mol. The average molecular weight is 291 g/mol. The zero-order valence-corrected chi connectivity index (χ0v) is 13.2. The molecule has 1 heterocycles. The number of benzene rings is 1. The summed E-state index contributed by atoms with van der Waals surface area (Å²) in [5, 5.41) is 0. The molecule has 2 rings (SSSR count). The fourth-order valence-corrected chi connectivity index (χ4v) is 2.69. The van der Waals surface area contributed by atoms with Gasteiger partial charge in [0.15, 0.2) is 0 Å². The fourth-order valence-electron chi connectivity index (χ4n) is 1.93. The van der Waals surface area contributed by atoms with Crippen LogP contribution in [0.5, 0.6) is 0 Å². The molecule has 1 aromatic heterocycles. The minimum absolute atomic E-state index is 0.448. The van der Waals surface area contributed by atoms with Gasteiger partial charge in [-0.05, 0) is 18.2 Å². The van der Waals surface area contributed by atoms with Crippen LogP contribution in [0.3, 0.4) is 0 Å². The SMILES string of the molecule is C[Si](C)(C)CCOCn1cnc2c(C(N)=O)cccc21. The fraction of sp³-hybridized carbons (Fsp3) is 0.429. The molecule has 1 aromatic carbocycles. The van der Waals surface area contributed by atoms with Gasteiger partial charge in [0.05, 0.1) is 17.4 Å². The number of fused-ring (bicyclic) bond motifs is 1. The molecule has 0 fully saturated rings. The molecule has 0 saturated heterocycles. The molecule has 0 atom stereocenters. The van der Waals surface area contributed by atoms with Crippen molar-refractivity contribution < 1.29 is 9.53 Å². The van der Waals surface area contributed by atoms with Gasteiger partial charge < -0.3 is 15.0 Å². The molecule has 20 heavy (non-hydrogen) atoms. The standard InChI is InChI=1S/C14H21N3O2Si/c1-20(2,3)8-7-19-10-17-9-16-13-11(14(15)18)5-4-6-12(13)17/h4-6,9H,7-8,10H2,1-3H3,(H2,15,18). The third-order valence-corrected chi connectivity index (χ3v) is 4.85. The highest BCUT2D eigenvalue weighted by molar-refractivity contribution is 6.76. The van der Waals surface area contributed by atoms with E-state index in [9.17, 15) is 4.79 Å². The minimum Gasteiger partial charge on any atom is -0.366 e. The molecule has 0 saturated carbocycles. The maximum atomic E-state index is 11.3. The van der Waals surface area contributed by atoms with E-state index in [1.165, 1.54) is 0 Å². The summed E-state index contributed by atoms with van der Waals surface area (Å²) in [4.78, 5) is 15.6. The predicted molar refractivity (Wildman–Crippen MR) is 82.4 cm³/mol. The number of carbonyl (C=O) groups is 1. The summed E-state index contributed by atoms with van der Waals surface area (Å²) in [6, 6.07) is 6.54. The normalized spacial score (nSPS) is 11.9. The van der Waals surface area contributed by atoms with Crippen LogP contribution in [-0.2, 0) is 11.5 Å². The number of nitrogens with zero attached hydrogens (tertiary/aromatic N) is 2. The van der Waals surface area contributed by atoms with Crippen molar-refractivity contribution in [3.8, 4) is 0 Å². The van der Waals surface area contributed by atoms with Crippen LogP contribution in [-0.4, -0.2) is 30.1 Å². The zero-order valence-electron chi connectivity index (χ0n) is 12.2. The summed E-state index contributed by atoms with van der Waals surface area (Å²) in [5.41, 5.74) is 7.29. The Morgan fingerprint density at radius 3 is 2.80 bits per heavy atom. The van der Waals surface area contributed by atoms with E-state index < -0.39 is 14.0 Å². The number of carbonyl (C=O) groups excluding carboxylic acids is 1. The molecule has 2 aromatic rings. The van der Waals surface area contributed by atoms with Crippen molar-refractivity contribution in [1.82, 2.24) is 9.55 Å². The second-order valence-corrected chi connectivity index (χ2v) is 11.7. The van der Waals surface area contributed by atoms with Crippen molar-refractivity contribution in [2.24, 2.45) is 5.73 Å². The van der Waals surface area contributed by atoms with Crippen molar-refractivity contribution in [3.05, 3.63) is 30.1 Å². The van der Waals surface area contributed by atoms with Crippen LogP contribution in [0, 0.1) is 0 Å². The van der Waals surface area contributed by atoms with E-state index in [0.29, 0.717) is 17.8 Å². The van der Waals surface area contributed by atoms with Gasteiger partial charge in [-0.15, -0.1) is 0 Å². The van der Waals surface area contributed by atoms with Gasteiger partial charge in [0, 0.05) is 14.7 Å². The Labute approximate surface area is 119 Å². The third-order valence-electron chi connectivity index (χ3n) is 3.14. The lowest BCUT2D eigenvalue weighted by Crippen LogP contribution is -2.21. The number of rotatable bonds is 6. The Balaban J connectivity index is 2.08. The quantitative estimate of drug-likeness (QED) is 0.656. The largest absolute Gasteiger partial charge is 0.366 e. The van der Waals surface area contributed by atoms with Gasteiger partial charge in [-0.3, -0.25) is 4.79 Å². The summed E-state index contributed by atoms with van der Waals surface area (Å²) in [6.45, 7) is 8.17. The highest BCUT2D eigenvalue weighted by Gasteiger charge is 2.13. The summed E-state index contributed by atoms with van der Waals surface area (Å²) >= 11 is 0. The van der Waals surface area contributed by atoms with E-state index in [1.54, 1.807) is 12.4 Å². The molecule has 0 spiro atoms. The summed E-state index contributed by atoms with van der Waals surface area (Å²) in [6.07, 6.45) is 1.69. The first-order valence-corrected chi connectivity index (χ1v) is 10.4. The second-order valence-electron chi connectivity index (χ2n) is 6.10. The summed E-state index contributed by atoms with van der Waals surface area (Å²) < 4.78 is 7.60. The van der Waals surface area contributed by atoms with Crippen LogP contribution >= 0.6 is 0 Å². The molecule has 0 aliphatic heterocycles. The molecule has 0 aliphatic carbocycles. The minimum atomic E-state index is -1.07. The number of amides is 1. The van der Waals surface area contributed by atoms with Crippen LogP contribution < -0.4 is 5.73 Å². The molecular weight excluding hydrogens is 270 g/mol. The molecule has 0 unspecified atom stereocenters. The topological polar surface area (TPSA) is 70.1 Å². The van der Waals surface area contributed by atoms with Crippen LogP contribution in [0.25, 0.3) is 11.0 Å². The molecule has 108 valence electrons. The number of para-hydroxylation sites is 1. The van der Waals surface area contributed by atoms with E-state index in [4.69, 9.17) is 10.5 Å². The summed E-state index contributed by atoms with van der Waals surface area (Å²) in [5.74, 6) is -0.458. The van der Waals surface area contributed by atoms with E-state index in [2.05, 4.69) is 24.6 Å². The van der Waals surface area contributed by atoms with E-state index in [0.717, 1.165) is 18.2 Å². The Morgan fingerprint density at radius 2 is 2.15 bits per heavy atom. The van der Waals surface area contributed by atoms with Gasteiger partial charge in [-0.25, -0.2) is 4.98 Å². The first kappa shape index (κ1) is 14.7. The molecule has 0 aliphatic rings. The van der Waals surface area contributed by atoms with Crippen molar-refractivity contribution in [3.63, 3.8) is 0 Å². The van der Waals surface area contributed by atoms with Crippen molar-refractivity contribution in [2.45, 2.75) is 32.4 Å². The van der Waals surface area contributed by atoms with Crippen LogP contribution in [0.15, 0.2) is 24.5 Å². The van der Waals surface area contributed by atoms with Crippen molar-refractivity contribution >= 4 is 25.0 Å². The molecule has 2 N–H and O–H groups in total. The van der Waals surface area contributed by atoms with Gasteiger partial charge in [0.2, 0.25) is 0 Å². The van der Waals surface area contributed by atoms with E-state index in [-0.39, 0.29) is 0 Å². The summed E-state index contributed by atoms with van der Waals surface area (Å²) in [7, 11) is -1.07. The Kier molecular flexibility index (Phi) is 4.25. The smallest absolute Gasteiger partial charge is 0.250 e. The number of imidazole rings is 1. The van der Waals surface area contributed by atoms with E-state index in [1.807, 2.05) is 16.7 Å². The number of nitrogens with two attached hydrogens (primary N) is 1. The van der Waals surface area contributed by atoms with Gasteiger partial charge >= 0.3 is 0 Å². The first-order valence-electron chi connectivity index (χ1n) is 6.70. The lowest BCUT2D eigenvalue weighted by atomic mass is 10.2. The lowest BCUT2D eigenvalue weighted by molar-refractivity contribution is 0.0898. The highest BCUT2D eigenvalue weighted by Crippen LogP contribution is 2.17. The number of primary amides is 1. The maximum Gasteiger partial charge on any atom is 0.250 e. The number of hydrogen-bond donors (Lipinski definition) is 1. The van der Waals surface area contributed by atoms with Crippen LogP contribution in [0.2, 0.25) is 25.7 Å². The molecule has 0 radical (unpaired) electrons. The Hall–Kier alpha value is -1.66. The second kappa shape index (κ2) is 5.76. The highest BCUT2D eigenvalue weighted by atomic mass is 28.3. The Bertz CT molecular complexity index is 616. The molecule has 1 amide bonds. The van der Waals surface area contributed by atoms with Gasteiger partial charge in [0.1, 0.15) is 12.2 Å². The number of ether oxygens (including phenoxy) is 1. The molecular formula is C14H21N3O2Si. The predicted octanol–water partition coefficient (Wildman–Crippen LogP) is 2.45. The van der Waals surface area contributed by atoms with Gasteiger partial charge in [-0.1, -0.05) is 25.7 Å². The van der Waals surface area contributed by atoms with E-state index >= 15 is 0 Å².